The maximum absolute atomic E-state index is 12.3. The molecule has 1 aromatic carbocycles. The molecular formula is C18H19NO6S. The quantitative estimate of drug-likeness (QED) is 0.561. The van der Waals surface area contributed by atoms with Crippen molar-refractivity contribution in [2.24, 2.45) is 0 Å². The second-order valence-electron chi connectivity index (χ2n) is 5.21. The van der Waals surface area contributed by atoms with Gasteiger partial charge in [0.25, 0.3) is 0 Å². The molecule has 1 aromatic heterocycles. The molecule has 0 saturated carbocycles. The molecule has 0 fully saturated rings. The van der Waals surface area contributed by atoms with Crippen molar-refractivity contribution in [2.75, 3.05) is 20.8 Å². The molecule has 2 rings (SSSR count). The zero-order valence-corrected chi connectivity index (χ0v) is 15.5. The summed E-state index contributed by atoms with van der Waals surface area (Å²) in [5.74, 6) is -0.578. The molecule has 0 bridgehead atoms. The van der Waals surface area contributed by atoms with Gasteiger partial charge in [0.15, 0.2) is 6.61 Å². The standard InChI is InChI=1S/C18H19NO6S/c1-11(20)19-9-12-7-8-16(26-12)13(21)10-25-18(22)17-14(23-2)5-4-6-15(17)24-3/h4-8H,9-10H2,1-3H3,(H,19,20). The van der Waals surface area contributed by atoms with E-state index in [9.17, 15) is 14.4 Å². The molecule has 1 amide bonds. The van der Waals surface area contributed by atoms with Crippen molar-refractivity contribution in [2.45, 2.75) is 13.5 Å². The summed E-state index contributed by atoms with van der Waals surface area (Å²) in [5.41, 5.74) is 0.128. The number of rotatable bonds is 8. The molecule has 0 unspecified atom stereocenters. The lowest BCUT2D eigenvalue weighted by molar-refractivity contribution is -0.119. The van der Waals surface area contributed by atoms with E-state index in [1.165, 1.54) is 32.5 Å². The van der Waals surface area contributed by atoms with Crippen molar-refractivity contribution in [3.05, 3.63) is 45.6 Å². The predicted molar refractivity (Wildman–Crippen MR) is 96.0 cm³/mol. The maximum atomic E-state index is 12.3. The first-order valence-corrected chi connectivity index (χ1v) is 8.52. The SMILES string of the molecule is COc1cccc(OC)c1C(=O)OCC(=O)c1ccc(CNC(C)=O)s1. The Labute approximate surface area is 154 Å². The first-order chi connectivity index (χ1) is 12.5. The van der Waals surface area contributed by atoms with Crippen molar-refractivity contribution < 1.29 is 28.6 Å². The van der Waals surface area contributed by atoms with E-state index in [1.54, 1.807) is 30.3 Å². The van der Waals surface area contributed by atoms with Crippen LogP contribution in [0.25, 0.3) is 0 Å². The van der Waals surface area contributed by atoms with Crippen molar-refractivity contribution in [1.29, 1.82) is 0 Å². The lowest BCUT2D eigenvalue weighted by Crippen LogP contribution is -2.18. The minimum Gasteiger partial charge on any atom is -0.496 e. The van der Waals surface area contributed by atoms with E-state index in [0.717, 1.165) is 4.88 Å². The van der Waals surface area contributed by atoms with Gasteiger partial charge in [-0.2, -0.15) is 0 Å². The maximum Gasteiger partial charge on any atom is 0.346 e. The molecule has 2 aromatic rings. The van der Waals surface area contributed by atoms with Gasteiger partial charge >= 0.3 is 5.97 Å². The van der Waals surface area contributed by atoms with Gasteiger partial charge < -0.3 is 19.5 Å². The van der Waals surface area contributed by atoms with E-state index in [1.807, 2.05) is 0 Å². The molecule has 8 heteroatoms. The summed E-state index contributed by atoms with van der Waals surface area (Å²) >= 11 is 1.24. The molecule has 138 valence electrons. The molecule has 26 heavy (non-hydrogen) atoms. The summed E-state index contributed by atoms with van der Waals surface area (Å²) < 4.78 is 15.4. The minimum atomic E-state index is -0.706. The van der Waals surface area contributed by atoms with Crippen LogP contribution < -0.4 is 14.8 Å². The minimum absolute atomic E-state index is 0.128. The van der Waals surface area contributed by atoms with Crippen molar-refractivity contribution >= 4 is 29.0 Å². The topological polar surface area (TPSA) is 90.9 Å². The van der Waals surface area contributed by atoms with Crippen LogP contribution in [-0.4, -0.2) is 38.5 Å². The fourth-order valence-corrected chi connectivity index (χ4v) is 3.03. The largest absolute Gasteiger partial charge is 0.496 e. The summed E-state index contributed by atoms with van der Waals surface area (Å²) in [7, 11) is 2.86. The lowest BCUT2D eigenvalue weighted by atomic mass is 10.2. The second kappa shape index (κ2) is 9.00. The fraction of sp³-hybridized carbons (Fsp3) is 0.278. The van der Waals surface area contributed by atoms with Gasteiger partial charge in [0.2, 0.25) is 11.7 Å². The third-order valence-corrected chi connectivity index (χ3v) is 4.54. The summed E-state index contributed by atoms with van der Waals surface area (Å²) in [6.07, 6.45) is 0. The molecule has 0 aliphatic carbocycles. The third kappa shape index (κ3) is 4.82. The fourth-order valence-electron chi connectivity index (χ4n) is 2.16. The van der Waals surface area contributed by atoms with E-state index in [2.05, 4.69) is 5.32 Å². The molecule has 7 nitrogen and oxygen atoms in total. The van der Waals surface area contributed by atoms with Crippen molar-refractivity contribution in [1.82, 2.24) is 5.32 Å². The van der Waals surface area contributed by atoms with Gasteiger partial charge in [0.05, 0.1) is 25.6 Å². The van der Waals surface area contributed by atoms with Crippen LogP contribution in [-0.2, 0) is 16.1 Å². The first-order valence-electron chi connectivity index (χ1n) is 7.70. The number of carbonyl (C=O) groups excluding carboxylic acids is 3. The number of thiophene rings is 1. The smallest absolute Gasteiger partial charge is 0.346 e. The van der Waals surface area contributed by atoms with Gasteiger partial charge in [0, 0.05) is 11.8 Å². The van der Waals surface area contributed by atoms with E-state index >= 15 is 0 Å². The highest BCUT2D eigenvalue weighted by Crippen LogP contribution is 2.29. The number of esters is 1. The van der Waals surface area contributed by atoms with Crippen LogP contribution >= 0.6 is 11.3 Å². The number of methoxy groups -OCH3 is 2. The van der Waals surface area contributed by atoms with Gasteiger partial charge in [-0.3, -0.25) is 9.59 Å². The average molecular weight is 377 g/mol. The normalized spacial score (nSPS) is 10.1. The summed E-state index contributed by atoms with van der Waals surface area (Å²) in [6, 6.07) is 8.28. The van der Waals surface area contributed by atoms with Gasteiger partial charge in [0.1, 0.15) is 17.1 Å². The van der Waals surface area contributed by atoms with Crippen LogP contribution in [0.1, 0.15) is 31.8 Å². The number of hydrogen-bond acceptors (Lipinski definition) is 7. The Morgan fingerprint density at radius 2 is 1.69 bits per heavy atom. The highest BCUT2D eigenvalue weighted by molar-refractivity contribution is 7.14. The number of hydrogen-bond donors (Lipinski definition) is 1. The Hall–Kier alpha value is -2.87. The molecule has 0 spiro atoms. The van der Waals surface area contributed by atoms with Crippen LogP contribution in [0.15, 0.2) is 30.3 Å². The van der Waals surface area contributed by atoms with Crippen LogP contribution in [0.5, 0.6) is 11.5 Å². The third-order valence-electron chi connectivity index (χ3n) is 3.41. The van der Waals surface area contributed by atoms with Crippen LogP contribution in [0, 0.1) is 0 Å². The van der Waals surface area contributed by atoms with E-state index in [4.69, 9.17) is 14.2 Å². The number of nitrogens with one attached hydrogen (secondary N) is 1. The highest BCUT2D eigenvalue weighted by atomic mass is 32.1. The molecule has 1 N–H and O–H groups in total. The Bertz CT molecular complexity index is 792. The van der Waals surface area contributed by atoms with E-state index in [-0.39, 0.29) is 17.3 Å². The van der Waals surface area contributed by atoms with Gasteiger partial charge in [-0.25, -0.2) is 4.79 Å². The average Bonchev–Trinajstić information content (AvgIpc) is 3.12. The molecule has 0 radical (unpaired) electrons. The Morgan fingerprint density at radius 1 is 1.04 bits per heavy atom. The first kappa shape index (κ1) is 19.5. The van der Waals surface area contributed by atoms with Crippen molar-refractivity contribution in [3.8, 4) is 11.5 Å². The number of Topliss-reactive ketones (excluding diaryl/α,β-unsaturated/α-hetero) is 1. The van der Waals surface area contributed by atoms with E-state index < -0.39 is 12.6 Å². The zero-order chi connectivity index (χ0) is 19.1. The van der Waals surface area contributed by atoms with E-state index in [0.29, 0.717) is 22.9 Å². The van der Waals surface area contributed by atoms with Crippen LogP contribution in [0.3, 0.4) is 0 Å². The zero-order valence-electron chi connectivity index (χ0n) is 14.7. The molecule has 0 aliphatic heterocycles. The lowest BCUT2D eigenvalue weighted by Gasteiger charge is -2.11. The Morgan fingerprint density at radius 3 is 2.27 bits per heavy atom. The second-order valence-corrected chi connectivity index (χ2v) is 6.38. The number of amides is 1. The molecule has 1 heterocycles. The van der Waals surface area contributed by atoms with Gasteiger partial charge in [-0.1, -0.05) is 6.07 Å². The molecule has 0 atom stereocenters. The Balaban J connectivity index is 2.01. The predicted octanol–water partition coefficient (Wildman–Crippen LogP) is 2.44. The number of benzene rings is 1. The molecular weight excluding hydrogens is 358 g/mol. The summed E-state index contributed by atoms with van der Waals surface area (Å²) in [4.78, 5) is 36.8. The number of ether oxygens (including phenoxy) is 3. The summed E-state index contributed by atoms with van der Waals surface area (Å²) in [6.45, 7) is 1.37. The van der Waals surface area contributed by atoms with Crippen LogP contribution in [0.2, 0.25) is 0 Å². The van der Waals surface area contributed by atoms with Crippen molar-refractivity contribution in [3.63, 3.8) is 0 Å². The van der Waals surface area contributed by atoms with Crippen LogP contribution in [0.4, 0.5) is 0 Å². The van der Waals surface area contributed by atoms with Gasteiger partial charge in [-0.15, -0.1) is 11.3 Å². The Kier molecular flexibility index (Phi) is 6.74. The number of carbonyl (C=O) groups is 3. The highest BCUT2D eigenvalue weighted by Gasteiger charge is 2.21. The molecule has 0 saturated heterocycles. The number of ketones is 1. The summed E-state index contributed by atoms with van der Waals surface area (Å²) in [5, 5.41) is 2.66. The van der Waals surface area contributed by atoms with Gasteiger partial charge in [-0.05, 0) is 24.3 Å². The monoisotopic (exact) mass is 377 g/mol. The molecule has 0 aliphatic rings.